The average molecular weight is 450 g/mol. The van der Waals surface area contributed by atoms with E-state index < -0.39 is 6.04 Å². The molecule has 2 rings (SSSR count). The third-order valence-electron chi connectivity index (χ3n) is 3.82. The largest absolute Gasteiger partial charge is 0.496 e. The normalized spacial score (nSPS) is 11.8. The number of ether oxygens (including phenoxy) is 3. The van der Waals surface area contributed by atoms with Gasteiger partial charge >= 0.3 is 0 Å². The monoisotopic (exact) mass is 449 g/mol. The van der Waals surface area contributed by atoms with E-state index in [-0.39, 0.29) is 5.91 Å². The lowest BCUT2D eigenvalue weighted by atomic mass is 10.2. The van der Waals surface area contributed by atoms with Gasteiger partial charge in [-0.3, -0.25) is 4.79 Å². The molecular formula is C20H24BrN3O4. The van der Waals surface area contributed by atoms with Crippen LogP contribution in [0.15, 0.2) is 46.0 Å². The fraction of sp³-hybridized carbons (Fsp3) is 0.300. The fourth-order valence-electron chi connectivity index (χ4n) is 2.38. The number of halogens is 1. The summed E-state index contributed by atoms with van der Waals surface area (Å²) in [5, 5.41) is 7.14. The molecule has 8 heteroatoms. The first-order chi connectivity index (χ1) is 13.5. The van der Waals surface area contributed by atoms with E-state index in [1.807, 2.05) is 31.2 Å². The Labute approximate surface area is 173 Å². The van der Waals surface area contributed by atoms with Crippen molar-refractivity contribution in [1.29, 1.82) is 0 Å². The number of hydrazone groups is 1. The molecule has 1 atom stereocenters. The molecule has 0 spiro atoms. The molecule has 0 radical (unpaired) electrons. The highest BCUT2D eigenvalue weighted by Gasteiger charge is 2.12. The maximum atomic E-state index is 12.3. The minimum absolute atomic E-state index is 0.267. The second-order valence-electron chi connectivity index (χ2n) is 5.79. The van der Waals surface area contributed by atoms with Gasteiger partial charge in [0, 0.05) is 17.3 Å². The summed E-state index contributed by atoms with van der Waals surface area (Å²) in [6.45, 7) is 4.30. The second-order valence-corrected chi connectivity index (χ2v) is 6.64. The summed E-state index contributed by atoms with van der Waals surface area (Å²) in [6, 6.07) is 10.5. The first-order valence-corrected chi connectivity index (χ1v) is 9.51. The van der Waals surface area contributed by atoms with E-state index >= 15 is 0 Å². The lowest BCUT2D eigenvalue weighted by Crippen LogP contribution is -2.34. The van der Waals surface area contributed by atoms with Gasteiger partial charge in [0.05, 0.1) is 31.5 Å². The molecule has 0 heterocycles. The zero-order valence-electron chi connectivity index (χ0n) is 16.3. The summed E-state index contributed by atoms with van der Waals surface area (Å²) in [5.41, 5.74) is 4.04. The highest BCUT2D eigenvalue weighted by Crippen LogP contribution is 2.31. The predicted molar refractivity (Wildman–Crippen MR) is 114 cm³/mol. The Balaban J connectivity index is 1.96. The van der Waals surface area contributed by atoms with E-state index in [1.54, 1.807) is 33.3 Å². The SMILES string of the molecule is CCOc1ccc(NC(C)C(=O)N/N=C/c2cc(Br)c(OC)cc2OC)cc1. The predicted octanol–water partition coefficient (Wildman–Crippen LogP) is 3.82. The topological polar surface area (TPSA) is 81.2 Å². The molecule has 2 N–H and O–H groups in total. The average Bonchev–Trinajstić information content (AvgIpc) is 2.69. The van der Waals surface area contributed by atoms with Crippen molar-refractivity contribution < 1.29 is 19.0 Å². The van der Waals surface area contributed by atoms with Gasteiger partial charge in [0.15, 0.2) is 0 Å². The number of nitrogens with one attached hydrogen (secondary N) is 2. The molecule has 0 aliphatic heterocycles. The Hall–Kier alpha value is -2.74. The van der Waals surface area contributed by atoms with Crippen LogP contribution in [-0.2, 0) is 4.79 Å². The maximum absolute atomic E-state index is 12.3. The second kappa shape index (κ2) is 10.6. The van der Waals surface area contributed by atoms with Crippen LogP contribution < -0.4 is 25.0 Å². The summed E-state index contributed by atoms with van der Waals surface area (Å²) >= 11 is 3.42. The third kappa shape index (κ3) is 5.88. The van der Waals surface area contributed by atoms with Crippen molar-refractivity contribution in [2.75, 3.05) is 26.1 Å². The van der Waals surface area contributed by atoms with Gasteiger partial charge in [0.25, 0.3) is 5.91 Å². The van der Waals surface area contributed by atoms with Crippen LogP contribution in [0.1, 0.15) is 19.4 Å². The fourth-order valence-corrected chi connectivity index (χ4v) is 2.90. The van der Waals surface area contributed by atoms with Gasteiger partial charge in [-0.2, -0.15) is 5.10 Å². The van der Waals surface area contributed by atoms with Crippen LogP contribution >= 0.6 is 15.9 Å². The van der Waals surface area contributed by atoms with Gasteiger partial charge in [-0.1, -0.05) is 0 Å². The standard InChI is InChI=1S/C20H24BrN3O4/c1-5-28-16-8-6-15(7-9-16)23-13(2)20(25)24-22-12-14-10-17(21)19(27-4)11-18(14)26-3/h6-13,23H,5H2,1-4H3,(H,24,25)/b22-12+. The smallest absolute Gasteiger partial charge is 0.262 e. The number of carbonyl (C=O) groups excluding carboxylic acids is 1. The molecule has 2 aromatic carbocycles. The zero-order valence-corrected chi connectivity index (χ0v) is 17.9. The minimum atomic E-state index is -0.473. The van der Waals surface area contributed by atoms with Crippen LogP contribution in [0.5, 0.6) is 17.2 Å². The quantitative estimate of drug-likeness (QED) is 0.449. The van der Waals surface area contributed by atoms with Gasteiger partial charge in [0.2, 0.25) is 0 Å². The molecule has 0 aromatic heterocycles. The first-order valence-electron chi connectivity index (χ1n) is 8.72. The van der Waals surface area contributed by atoms with Crippen LogP contribution in [0.4, 0.5) is 5.69 Å². The molecule has 1 amide bonds. The summed E-state index contributed by atoms with van der Waals surface area (Å²) in [6.07, 6.45) is 1.52. The van der Waals surface area contributed by atoms with E-state index in [1.165, 1.54) is 6.21 Å². The van der Waals surface area contributed by atoms with Crippen LogP contribution in [0, 0.1) is 0 Å². The molecule has 1 unspecified atom stereocenters. The van der Waals surface area contributed by atoms with E-state index in [0.29, 0.717) is 23.7 Å². The molecule has 0 aliphatic rings. The van der Waals surface area contributed by atoms with Crippen molar-refractivity contribution in [3.8, 4) is 17.2 Å². The van der Waals surface area contributed by atoms with Crippen molar-refractivity contribution in [2.24, 2.45) is 5.10 Å². The highest BCUT2D eigenvalue weighted by molar-refractivity contribution is 9.10. The molecule has 0 aliphatic carbocycles. The molecule has 0 saturated heterocycles. The van der Waals surface area contributed by atoms with Gasteiger partial charge in [-0.05, 0) is 60.1 Å². The number of nitrogens with zero attached hydrogens (tertiary/aromatic N) is 1. The van der Waals surface area contributed by atoms with E-state index in [2.05, 4.69) is 31.8 Å². The number of rotatable bonds is 9. The Morgan fingerprint density at radius 3 is 2.46 bits per heavy atom. The molecule has 150 valence electrons. The van der Waals surface area contributed by atoms with Crippen molar-refractivity contribution >= 4 is 33.7 Å². The van der Waals surface area contributed by atoms with Crippen molar-refractivity contribution in [3.05, 3.63) is 46.4 Å². The van der Waals surface area contributed by atoms with Crippen LogP contribution in [0.25, 0.3) is 0 Å². The van der Waals surface area contributed by atoms with Gasteiger partial charge in [0.1, 0.15) is 23.3 Å². The Morgan fingerprint density at radius 1 is 1.18 bits per heavy atom. The lowest BCUT2D eigenvalue weighted by Gasteiger charge is -2.14. The lowest BCUT2D eigenvalue weighted by molar-refractivity contribution is -0.121. The number of hydrogen-bond donors (Lipinski definition) is 2. The third-order valence-corrected chi connectivity index (χ3v) is 4.44. The molecular weight excluding hydrogens is 426 g/mol. The Kier molecular flexibility index (Phi) is 8.13. The van der Waals surface area contributed by atoms with Crippen molar-refractivity contribution in [1.82, 2.24) is 5.43 Å². The number of hydrogen-bond acceptors (Lipinski definition) is 6. The molecule has 2 aromatic rings. The minimum Gasteiger partial charge on any atom is -0.496 e. The number of amides is 1. The van der Waals surface area contributed by atoms with Gasteiger partial charge in [-0.25, -0.2) is 5.43 Å². The summed E-state index contributed by atoms with van der Waals surface area (Å²) in [5.74, 6) is 1.75. The first kappa shape index (κ1) is 21.6. The highest BCUT2D eigenvalue weighted by atomic mass is 79.9. The van der Waals surface area contributed by atoms with E-state index in [9.17, 15) is 4.79 Å². The number of anilines is 1. The summed E-state index contributed by atoms with van der Waals surface area (Å²) < 4.78 is 16.7. The number of benzene rings is 2. The Morgan fingerprint density at radius 2 is 1.86 bits per heavy atom. The van der Waals surface area contributed by atoms with Gasteiger partial charge < -0.3 is 19.5 Å². The van der Waals surface area contributed by atoms with Crippen molar-refractivity contribution in [3.63, 3.8) is 0 Å². The molecule has 0 bridgehead atoms. The number of methoxy groups -OCH3 is 2. The number of carbonyl (C=O) groups is 1. The molecule has 0 saturated carbocycles. The van der Waals surface area contributed by atoms with Crippen LogP contribution in [0.3, 0.4) is 0 Å². The molecule has 28 heavy (non-hydrogen) atoms. The van der Waals surface area contributed by atoms with Crippen LogP contribution in [0.2, 0.25) is 0 Å². The van der Waals surface area contributed by atoms with Crippen LogP contribution in [-0.4, -0.2) is 39.0 Å². The molecule has 0 fully saturated rings. The van der Waals surface area contributed by atoms with Crippen molar-refractivity contribution in [2.45, 2.75) is 19.9 Å². The Bertz CT molecular complexity index is 825. The van der Waals surface area contributed by atoms with E-state index in [0.717, 1.165) is 15.9 Å². The molecule has 7 nitrogen and oxygen atoms in total. The van der Waals surface area contributed by atoms with Gasteiger partial charge in [-0.15, -0.1) is 0 Å². The maximum Gasteiger partial charge on any atom is 0.262 e. The summed E-state index contributed by atoms with van der Waals surface area (Å²) in [4.78, 5) is 12.3. The van der Waals surface area contributed by atoms with E-state index in [4.69, 9.17) is 14.2 Å². The summed E-state index contributed by atoms with van der Waals surface area (Å²) in [7, 11) is 3.13. The zero-order chi connectivity index (χ0) is 20.5.